The van der Waals surface area contributed by atoms with Crippen molar-refractivity contribution in [2.24, 2.45) is 11.8 Å². The van der Waals surface area contributed by atoms with Crippen LogP contribution in [0.5, 0.6) is 5.88 Å². The minimum atomic E-state index is -0.327. The Kier molecular flexibility index (Phi) is 7.74. The van der Waals surface area contributed by atoms with Gasteiger partial charge in [0.25, 0.3) is 5.91 Å². The van der Waals surface area contributed by atoms with Gasteiger partial charge in [0.15, 0.2) is 0 Å². The maximum absolute atomic E-state index is 13.1. The van der Waals surface area contributed by atoms with Gasteiger partial charge in [0.2, 0.25) is 11.8 Å². The van der Waals surface area contributed by atoms with Crippen LogP contribution >= 0.6 is 15.9 Å². The monoisotopic (exact) mass is 481 g/mol. The van der Waals surface area contributed by atoms with Crippen molar-refractivity contribution < 1.29 is 19.4 Å². The number of hydrogen-bond acceptors (Lipinski definition) is 5. The van der Waals surface area contributed by atoms with Gasteiger partial charge in [0.1, 0.15) is 11.7 Å². The van der Waals surface area contributed by atoms with Gasteiger partial charge in [-0.3, -0.25) is 9.59 Å². The van der Waals surface area contributed by atoms with Crippen molar-refractivity contribution in [3.05, 3.63) is 22.3 Å². The van der Waals surface area contributed by atoms with Crippen molar-refractivity contribution in [3.63, 3.8) is 0 Å². The molecule has 8 heteroatoms. The summed E-state index contributed by atoms with van der Waals surface area (Å²) in [5.74, 6) is 0.295. The van der Waals surface area contributed by atoms with Crippen LogP contribution in [-0.2, 0) is 4.79 Å². The fraction of sp³-hybridized carbons (Fsp3) is 0.682. The third-order valence-corrected chi connectivity index (χ3v) is 6.71. The van der Waals surface area contributed by atoms with Crippen LogP contribution in [0.3, 0.4) is 0 Å². The molecule has 1 aliphatic carbocycles. The highest BCUT2D eigenvalue weighted by Crippen LogP contribution is 2.29. The Morgan fingerprint density at radius 3 is 2.77 bits per heavy atom. The molecular weight excluding hydrogens is 450 g/mol. The Morgan fingerprint density at radius 1 is 1.40 bits per heavy atom. The van der Waals surface area contributed by atoms with Gasteiger partial charge in [-0.1, -0.05) is 26.2 Å². The Balaban J connectivity index is 1.84. The highest BCUT2D eigenvalue weighted by atomic mass is 79.9. The van der Waals surface area contributed by atoms with Gasteiger partial charge in [-0.25, -0.2) is 4.98 Å². The molecule has 2 aliphatic rings. The van der Waals surface area contributed by atoms with Gasteiger partial charge >= 0.3 is 0 Å². The largest absolute Gasteiger partial charge is 0.472 e. The first-order chi connectivity index (χ1) is 14.3. The van der Waals surface area contributed by atoms with Crippen LogP contribution in [0, 0.1) is 11.8 Å². The van der Waals surface area contributed by atoms with E-state index in [1.807, 2.05) is 20.9 Å². The summed E-state index contributed by atoms with van der Waals surface area (Å²) >= 11 is 3.38. The molecule has 3 rings (SSSR count). The first-order valence-electron chi connectivity index (χ1n) is 10.8. The zero-order valence-corrected chi connectivity index (χ0v) is 19.6. The number of rotatable bonds is 5. The third-order valence-electron chi connectivity index (χ3n) is 6.27. The van der Waals surface area contributed by atoms with Crippen LogP contribution in [0.2, 0.25) is 0 Å². The van der Waals surface area contributed by atoms with Crippen molar-refractivity contribution in [1.82, 2.24) is 14.8 Å². The first kappa shape index (κ1) is 23.0. The van der Waals surface area contributed by atoms with Crippen molar-refractivity contribution in [2.45, 2.75) is 58.1 Å². The van der Waals surface area contributed by atoms with Crippen molar-refractivity contribution >= 4 is 27.7 Å². The number of aromatic nitrogens is 1. The average molecular weight is 482 g/mol. The van der Waals surface area contributed by atoms with Crippen molar-refractivity contribution in [1.29, 1.82) is 0 Å². The summed E-state index contributed by atoms with van der Waals surface area (Å²) in [6, 6.07) is 1.37. The number of ether oxygens (including phenoxy) is 1. The van der Waals surface area contributed by atoms with E-state index in [1.165, 1.54) is 6.42 Å². The zero-order chi connectivity index (χ0) is 21.8. The van der Waals surface area contributed by atoms with E-state index >= 15 is 0 Å². The molecule has 0 aromatic carbocycles. The van der Waals surface area contributed by atoms with Gasteiger partial charge in [-0.05, 0) is 41.8 Å². The summed E-state index contributed by atoms with van der Waals surface area (Å²) in [6.45, 7) is 4.58. The van der Waals surface area contributed by atoms with Crippen LogP contribution in [0.1, 0.15) is 56.3 Å². The second kappa shape index (κ2) is 10.1. The molecule has 3 atom stereocenters. The minimum absolute atomic E-state index is 0.0387. The van der Waals surface area contributed by atoms with Crippen molar-refractivity contribution in [2.75, 3.05) is 26.7 Å². The number of likely N-dealkylation sites (N-methyl/N-ethyl adjacent to an activating group) is 1. The molecule has 1 N–H and O–H groups in total. The van der Waals surface area contributed by atoms with Crippen LogP contribution in [0.4, 0.5) is 0 Å². The number of carbonyl (C=O) groups is 2. The normalized spacial score (nSPS) is 23.8. The van der Waals surface area contributed by atoms with Crippen LogP contribution in [0.15, 0.2) is 16.7 Å². The Labute approximate surface area is 186 Å². The number of amides is 2. The van der Waals surface area contributed by atoms with Crippen LogP contribution in [-0.4, -0.2) is 70.6 Å². The van der Waals surface area contributed by atoms with E-state index in [4.69, 9.17) is 4.74 Å². The Hall–Kier alpha value is -1.67. The van der Waals surface area contributed by atoms with E-state index in [1.54, 1.807) is 22.1 Å². The maximum atomic E-state index is 13.1. The molecule has 1 aliphatic heterocycles. The number of nitrogens with zero attached hydrogens (tertiary/aromatic N) is 3. The maximum Gasteiger partial charge on any atom is 0.259 e. The molecule has 0 unspecified atom stereocenters. The summed E-state index contributed by atoms with van der Waals surface area (Å²) in [7, 11) is 1.83. The lowest BCUT2D eigenvalue weighted by atomic mass is 9.88. The van der Waals surface area contributed by atoms with E-state index in [2.05, 4.69) is 20.9 Å². The second-order valence-corrected chi connectivity index (χ2v) is 9.60. The van der Waals surface area contributed by atoms with Crippen LogP contribution < -0.4 is 4.74 Å². The lowest BCUT2D eigenvalue weighted by Crippen LogP contribution is -2.51. The molecule has 0 radical (unpaired) electrons. The molecule has 166 valence electrons. The standard InChI is InChI=1S/C22H32BrN3O4/c1-14-11-26(15(2)13-27)22(29)18-9-17(23)10-24-20(18)30-19(14)12-25(3)21(28)16-7-5-4-6-8-16/h9-10,14-16,19,27H,4-8,11-13H2,1-3H3/t14-,15+,19-/m0/s1. The van der Waals surface area contributed by atoms with Gasteiger partial charge in [0, 0.05) is 36.1 Å². The number of aliphatic hydroxyl groups is 1. The molecule has 1 aromatic rings. The molecule has 0 bridgehead atoms. The van der Waals surface area contributed by atoms with E-state index < -0.39 is 0 Å². The number of pyridine rings is 1. The van der Waals surface area contributed by atoms with E-state index in [-0.39, 0.29) is 48.3 Å². The molecule has 0 spiro atoms. The molecule has 1 saturated carbocycles. The topological polar surface area (TPSA) is 83.0 Å². The molecule has 2 heterocycles. The number of halogens is 1. The van der Waals surface area contributed by atoms with Crippen LogP contribution in [0.25, 0.3) is 0 Å². The minimum Gasteiger partial charge on any atom is -0.472 e. The summed E-state index contributed by atoms with van der Waals surface area (Å²) in [5, 5.41) is 9.68. The summed E-state index contributed by atoms with van der Waals surface area (Å²) in [6.07, 6.45) is 6.65. The molecule has 1 fully saturated rings. The number of carbonyl (C=O) groups excluding carboxylic acids is 2. The second-order valence-electron chi connectivity index (χ2n) is 8.68. The summed E-state index contributed by atoms with van der Waals surface area (Å²) in [5.41, 5.74) is 0.364. The quantitative estimate of drug-likeness (QED) is 0.698. The molecular formula is C22H32BrN3O4. The van der Waals surface area contributed by atoms with Gasteiger partial charge < -0.3 is 19.6 Å². The predicted molar refractivity (Wildman–Crippen MR) is 117 cm³/mol. The highest BCUT2D eigenvalue weighted by Gasteiger charge is 2.35. The number of aliphatic hydroxyl groups excluding tert-OH is 1. The highest BCUT2D eigenvalue weighted by molar-refractivity contribution is 9.10. The molecule has 7 nitrogen and oxygen atoms in total. The van der Waals surface area contributed by atoms with Gasteiger partial charge in [-0.2, -0.15) is 0 Å². The summed E-state index contributed by atoms with van der Waals surface area (Å²) in [4.78, 5) is 33.9. The van der Waals surface area contributed by atoms with Crippen molar-refractivity contribution in [3.8, 4) is 5.88 Å². The smallest absolute Gasteiger partial charge is 0.259 e. The lowest BCUT2D eigenvalue weighted by molar-refractivity contribution is -0.136. The predicted octanol–water partition coefficient (Wildman–Crippen LogP) is 3.10. The Bertz CT molecular complexity index is 769. The fourth-order valence-corrected chi connectivity index (χ4v) is 4.65. The van der Waals surface area contributed by atoms with Gasteiger partial charge in [-0.15, -0.1) is 0 Å². The van der Waals surface area contributed by atoms with E-state index in [0.29, 0.717) is 23.1 Å². The summed E-state index contributed by atoms with van der Waals surface area (Å²) < 4.78 is 6.89. The number of fused-ring (bicyclic) bond motifs is 1. The Morgan fingerprint density at radius 2 is 2.10 bits per heavy atom. The fourth-order valence-electron chi connectivity index (χ4n) is 4.32. The third kappa shape index (κ3) is 5.14. The van der Waals surface area contributed by atoms with E-state index in [0.717, 1.165) is 25.7 Å². The molecule has 1 aromatic heterocycles. The lowest BCUT2D eigenvalue weighted by Gasteiger charge is -2.38. The zero-order valence-electron chi connectivity index (χ0n) is 18.0. The van der Waals surface area contributed by atoms with Gasteiger partial charge in [0.05, 0.1) is 19.2 Å². The molecule has 30 heavy (non-hydrogen) atoms. The SMILES string of the molecule is C[C@H](CO)N1C[C@H](C)[C@H](CN(C)C(=O)C2CCCCC2)Oc2ncc(Br)cc2C1=O. The average Bonchev–Trinajstić information content (AvgIpc) is 2.76. The number of hydrogen-bond donors (Lipinski definition) is 1. The first-order valence-corrected chi connectivity index (χ1v) is 11.6. The molecule has 2 amide bonds. The van der Waals surface area contributed by atoms with E-state index in [9.17, 15) is 14.7 Å². The molecule has 0 saturated heterocycles.